The molecule has 2 unspecified atom stereocenters. The lowest BCUT2D eigenvalue weighted by Gasteiger charge is -2.29. The molecule has 0 bridgehead atoms. The van der Waals surface area contributed by atoms with Crippen LogP contribution in [0, 0.1) is 5.82 Å². The second kappa shape index (κ2) is 4.50. The molecular weight excluding hydrogens is 213 g/mol. The number of benzene rings is 1. The van der Waals surface area contributed by atoms with E-state index in [4.69, 9.17) is 11.6 Å². The van der Waals surface area contributed by atoms with Crippen molar-refractivity contribution in [1.29, 1.82) is 0 Å². The van der Waals surface area contributed by atoms with Gasteiger partial charge in [-0.25, -0.2) is 4.39 Å². The average Bonchev–Trinajstić information content (AvgIpc) is 2.17. The van der Waals surface area contributed by atoms with Crippen LogP contribution in [0.5, 0.6) is 0 Å². The molecule has 0 aliphatic carbocycles. The summed E-state index contributed by atoms with van der Waals surface area (Å²) in [5.41, 5.74) is 0.630. The van der Waals surface area contributed by atoms with Gasteiger partial charge in [0.15, 0.2) is 0 Å². The van der Waals surface area contributed by atoms with Crippen molar-refractivity contribution in [2.45, 2.75) is 38.3 Å². The third-order valence-electron chi connectivity index (χ3n) is 2.96. The zero-order valence-electron chi connectivity index (χ0n) is 8.76. The normalized spacial score (nSPS) is 26.6. The molecule has 1 aromatic carbocycles. The Balaban J connectivity index is 2.28. The van der Waals surface area contributed by atoms with Gasteiger partial charge in [0, 0.05) is 22.7 Å². The van der Waals surface area contributed by atoms with Crippen LogP contribution >= 0.6 is 11.6 Å². The molecule has 1 aliphatic heterocycles. The van der Waals surface area contributed by atoms with E-state index in [0.717, 1.165) is 19.3 Å². The van der Waals surface area contributed by atoms with Crippen molar-refractivity contribution in [3.8, 4) is 0 Å². The molecule has 2 rings (SSSR count). The minimum atomic E-state index is -0.200. The van der Waals surface area contributed by atoms with Gasteiger partial charge in [0.05, 0.1) is 0 Å². The first kappa shape index (κ1) is 10.9. The van der Waals surface area contributed by atoms with E-state index in [9.17, 15) is 4.39 Å². The van der Waals surface area contributed by atoms with E-state index in [1.165, 1.54) is 6.07 Å². The van der Waals surface area contributed by atoms with Crippen LogP contribution in [0.2, 0.25) is 5.02 Å². The Kier molecular flexibility index (Phi) is 3.27. The minimum Gasteiger partial charge on any atom is -0.307 e. The molecule has 2 atom stereocenters. The molecule has 82 valence electrons. The highest BCUT2D eigenvalue weighted by Gasteiger charge is 2.23. The molecule has 15 heavy (non-hydrogen) atoms. The summed E-state index contributed by atoms with van der Waals surface area (Å²) in [5, 5.41) is 3.92. The predicted octanol–water partition coefficient (Wildman–Crippen LogP) is 3.68. The standard InChI is InChI=1S/C12H15ClFN/c1-8-4-2-7-11(15-8)12-9(13)5-3-6-10(12)14/h3,5-6,8,11,15H,2,4,7H2,1H3. The molecule has 1 N–H and O–H groups in total. The molecule has 1 nitrogen and oxygen atoms in total. The van der Waals surface area contributed by atoms with Crippen molar-refractivity contribution in [1.82, 2.24) is 5.32 Å². The van der Waals surface area contributed by atoms with E-state index in [2.05, 4.69) is 12.2 Å². The maximum Gasteiger partial charge on any atom is 0.129 e. The molecule has 3 heteroatoms. The van der Waals surface area contributed by atoms with Crippen molar-refractivity contribution in [3.63, 3.8) is 0 Å². The van der Waals surface area contributed by atoms with Crippen LogP contribution in [-0.2, 0) is 0 Å². The Morgan fingerprint density at radius 1 is 1.40 bits per heavy atom. The fourth-order valence-corrected chi connectivity index (χ4v) is 2.50. The molecule has 1 heterocycles. The van der Waals surface area contributed by atoms with Crippen LogP contribution in [0.25, 0.3) is 0 Å². The van der Waals surface area contributed by atoms with Gasteiger partial charge in [0.2, 0.25) is 0 Å². The number of hydrogen-bond donors (Lipinski definition) is 1. The van der Waals surface area contributed by atoms with Gasteiger partial charge in [-0.05, 0) is 31.9 Å². The molecule has 1 aliphatic rings. The lowest BCUT2D eigenvalue weighted by Crippen LogP contribution is -2.35. The van der Waals surface area contributed by atoms with Gasteiger partial charge < -0.3 is 5.32 Å². The SMILES string of the molecule is CC1CCCC(c2c(F)cccc2Cl)N1. The van der Waals surface area contributed by atoms with E-state index >= 15 is 0 Å². The van der Waals surface area contributed by atoms with Gasteiger partial charge in [-0.3, -0.25) is 0 Å². The van der Waals surface area contributed by atoms with Crippen molar-refractivity contribution < 1.29 is 4.39 Å². The maximum atomic E-state index is 13.6. The fraction of sp³-hybridized carbons (Fsp3) is 0.500. The van der Waals surface area contributed by atoms with Crippen molar-refractivity contribution >= 4 is 11.6 Å². The van der Waals surface area contributed by atoms with Crippen molar-refractivity contribution in [2.75, 3.05) is 0 Å². The summed E-state index contributed by atoms with van der Waals surface area (Å²) in [6.07, 6.45) is 3.25. The van der Waals surface area contributed by atoms with Gasteiger partial charge in [0.1, 0.15) is 5.82 Å². The van der Waals surface area contributed by atoms with E-state index in [1.54, 1.807) is 12.1 Å². The second-order valence-corrected chi connectivity index (χ2v) is 4.59. The van der Waals surface area contributed by atoms with Gasteiger partial charge >= 0.3 is 0 Å². The smallest absolute Gasteiger partial charge is 0.129 e. The molecule has 1 saturated heterocycles. The highest BCUT2D eigenvalue weighted by molar-refractivity contribution is 6.31. The lowest BCUT2D eigenvalue weighted by atomic mass is 9.94. The Labute approximate surface area is 94.6 Å². The monoisotopic (exact) mass is 227 g/mol. The summed E-state index contributed by atoms with van der Waals surface area (Å²) in [5.74, 6) is -0.200. The molecule has 0 spiro atoms. The first-order valence-electron chi connectivity index (χ1n) is 5.38. The zero-order chi connectivity index (χ0) is 10.8. The molecule has 0 amide bonds. The molecule has 1 aromatic rings. The van der Waals surface area contributed by atoms with E-state index in [-0.39, 0.29) is 11.9 Å². The zero-order valence-corrected chi connectivity index (χ0v) is 9.52. The largest absolute Gasteiger partial charge is 0.307 e. The van der Waals surface area contributed by atoms with Crippen LogP contribution in [0.4, 0.5) is 4.39 Å². The maximum absolute atomic E-state index is 13.6. The second-order valence-electron chi connectivity index (χ2n) is 4.19. The Hall–Kier alpha value is -0.600. The van der Waals surface area contributed by atoms with Gasteiger partial charge in [-0.2, -0.15) is 0 Å². The van der Waals surface area contributed by atoms with Crippen LogP contribution in [0.15, 0.2) is 18.2 Å². The Bertz CT molecular complexity index is 333. The highest BCUT2D eigenvalue weighted by atomic mass is 35.5. The predicted molar refractivity (Wildman–Crippen MR) is 60.6 cm³/mol. The van der Waals surface area contributed by atoms with Crippen molar-refractivity contribution in [2.24, 2.45) is 0 Å². The topological polar surface area (TPSA) is 12.0 Å². The summed E-state index contributed by atoms with van der Waals surface area (Å²) in [6.45, 7) is 2.13. The first-order chi connectivity index (χ1) is 7.18. The molecule has 0 saturated carbocycles. The number of hydrogen-bond acceptors (Lipinski definition) is 1. The summed E-state index contributed by atoms with van der Waals surface area (Å²) in [7, 11) is 0. The number of halogens is 2. The van der Waals surface area contributed by atoms with Crippen LogP contribution in [-0.4, -0.2) is 6.04 Å². The summed E-state index contributed by atoms with van der Waals surface area (Å²) < 4.78 is 13.6. The third-order valence-corrected chi connectivity index (χ3v) is 3.29. The van der Waals surface area contributed by atoms with Gasteiger partial charge in [-0.15, -0.1) is 0 Å². The minimum absolute atomic E-state index is 0.0717. The molecule has 1 fully saturated rings. The van der Waals surface area contributed by atoms with Crippen LogP contribution < -0.4 is 5.32 Å². The van der Waals surface area contributed by atoms with Crippen LogP contribution in [0.1, 0.15) is 37.8 Å². The quantitative estimate of drug-likeness (QED) is 0.772. The number of rotatable bonds is 1. The van der Waals surface area contributed by atoms with E-state index < -0.39 is 0 Å². The van der Waals surface area contributed by atoms with Crippen molar-refractivity contribution in [3.05, 3.63) is 34.6 Å². The highest BCUT2D eigenvalue weighted by Crippen LogP contribution is 2.32. The molecular formula is C12H15ClFN. The van der Waals surface area contributed by atoms with E-state index in [1.807, 2.05) is 0 Å². The molecule has 0 aromatic heterocycles. The van der Waals surface area contributed by atoms with Gasteiger partial charge in [-0.1, -0.05) is 24.1 Å². The first-order valence-corrected chi connectivity index (χ1v) is 5.76. The fourth-order valence-electron chi connectivity index (χ4n) is 2.21. The third kappa shape index (κ3) is 2.32. The molecule has 0 radical (unpaired) electrons. The number of nitrogens with one attached hydrogen (secondary N) is 1. The van der Waals surface area contributed by atoms with Crippen LogP contribution in [0.3, 0.4) is 0 Å². The summed E-state index contributed by atoms with van der Waals surface area (Å²) in [6, 6.07) is 5.39. The number of piperidine rings is 1. The van der Waals surface area contributed by atoms with Gasteiger partial charge in [0.25, 0.3) is 0 Å². The average molecular weight is 228 g/mol. The summed E-state index contributed by atoms with van der Waals surface area (Å²) in [4.78, 5) is 0. The lowest BCUT2D eigenvalue weighted by molar-refractivity contribution is 0.334. The van der Waals surface area contributed by atoms with E-state index in [0.29, 0.717) is 16.6 Å². The Morgan fingerprint density at radius 2 is 2.20 bits per heavy atom. The summed E-state index contributed by atoms with van der Waals surface area (Å²) >= 11 is 6.03. The Morgan fingerprint density at radius 3 is 2.87 bits per heavy atom.